The Morgan fingerprint density at radius 2 is 2.37 bits per heavy atom. The molecule has 0 fully saturated rings. The van der Waals surface area contributed by atoms with Crippen LogP contribution in [0.2, 0.25) is 0 Å². The number of aromatic nitrogens is 1. The van der Waals surface area contributed by atoms with Crippen LogP contribution in [0.1, 0.15) is 30.1 Å². The minimum absolute atomic E-state index is 0.0204. The van der Waals surface area contributed by atoms with Crippen molar-refractivity contribution in [3.05, 3.63) is 36.0 Å². The number of aromatic amines is 1. The zero-order valence-electron chi connectivity index (χ0n) is 11.1. The summed E-state index contributed by atoms with van der Waals surface area (Å²) in [7, 11) is 0. The summed E-state index contributed by atoms with van der Waals surface area (Å²) in [5, 5.41) is 0.974. The third-order valence-corrected chi connectivity index (χ3v) is 3.10. The summed E-state index contributed by atoms with van der Waals surface area (Å²) in [6.45, 7) is 3.30. The van der Waals surface area contributed by atoms with Crippen LogP contribution in [0.4, 0.5) is 0 Å². The number of hydrogen-bond acceptors (Lipinski definition) is 3. The average molecular weight is 259 g/mol. The van der Waals surface area contributed by atoms with E-state index in [0.717, 1.165) is 17.3 Å². The molecule has 19 heavy (non-hydrogen) atoms. The van der Waals surface area contributed by atoms with Gasteiger partial charge in [-0.25, -0.2) is 0 Å². The van der Waals surface area contributed by atoms with Crippen molar-refractivity contribution in [2.24, 2.45) is 5.73 Å². The first-order valence-corrected chi connectivity index (χ1v) is 6.58. The third-order valence-electron chi connectivity index (χ3n) is 3.10. The van der Waals surface area contributed by atoms with Gasteiger partial charge in [-0.2, -0.15) is 0 Å². The fourth-order valence-corrected chi connectivity index (χ4v) is 2.03. The highest BCUT2D eigenvalue weighted by Crippen LogP contribution is 2.15. The SMILES string of the molecule is CCOCCCC(N)C(=O)c1ccc2[c]c[nH]c2c1. The van der Waals surface area contributed by atoms with E-state index in [4.69, 9.17) is 10.5 Å². The molecule has 1 atom stereocenters. The molecular weight excluding hydrogens is 240 g/mol. The molecule has 0 aliphatic rings. The van der Waals surface area contributed by atoms with Crippen molar-refractivity contribution < 1.29 is 9.53 Å². The van der Waals surface area contributed by atoms with Crippen molar-refractivity contribution in [2.45, 2.75) is 25.8 Å². The summed E-state index contributed by atoms with van der Waals surface area (Å²) < 4.78 is 5.24. The van der Waals surface area contributed by atoms with Gasteiger partial charge in [0, 0.05) is 41.9 Å². The molecule has 4 heteroatoms. The lowest BCUT2D eigenvalue weighted by atomic mass is 10.0. The first kappa shape index (κ1) is 13.8. The molecule has 1 radical (unpaired) electrons. The van der Waals surface area contributed by atoms with E-state index >= 15 is 0 Å². The normalized spacial score (nSPS) is 12.7. The van der Waals surface area contributed by atoms with Crippen LogP contribution in [0, 0.1) is 6.07 Å². The van der Waals surface area contributed by atoms with Gasteiger partial charge in [0.1, 0.15) is 0 Å². The van der Waals surface area contributed by atoms with Crippen LogP contribution in [0.15, 0.2) is 24.4 Å². The Morgan fingerprint density at radius 1 is 1.53 bits per heavy atom. The van der Waals surface area contributed by atoms with Gasteiger partial charge in [-0.3, -0.25) is 4.79 Å². The monoisotopic (exact) mass is 259 g/mol. The summed E-state index contributed by atoms with van der Waals surface area (Å²) in [6, 6.07) is 8.10. The van der Waals surface area contributed by atoms with E-state index in [-0.39, 0.29) is 5.78 Å². The summed E-state index contributed by atoms with van der Waals surface area (Å²) in [6.07, 6.45) is 3.19. The largest absolute Gasteiger partial charge is 0.382 e. The number of ether oxygens (including phenoxy) is 1. The zero-order valence-corrected chi connectivity index (χ0v) is 11.1. The summed E-state index contributed by atoms with van der Waals surface area (Å²) in [5.41, 5.74) is 7.48. The van der Waals surface area contributed by atoms with Crippen LogP contribution >= 0.6 is 0 Å². The second kappa shape index (κ2) is 6.50. The van der Waals surface area contributed by atoms with E-state index in [2.05, 4.69) is 11.1 Å². The quantitative estimate of drug-likeness (QED) is 0.592. The van der Waals surface area contributed by atoms with Gasteiger partial charge in [-0.15, -0.1) is 0 Å². The summed E-state index contributed by atoms with van der Waals surface area (Å²) >= 11 is 0. The van der Waals surface area contributed by atoms with Gasteiger partial charge in [0.25, 0.3) is 0 Å². The molecule has 101 valence electrons. The Bertz CT molecular complexity index is 548. The maximum atomic E-state index is 12.2. The van der Waals surface area contributed by atoms with E-state index in [9.17, 15) is 4.79 Å². The van der Waals surface area contributed by atoms with E-state index in [1.165, 1.54) is 0 Å². The molecule has 4 nitrogen and oxygen atoms in total. The molecule has 0 spiro atoms. The molecule has 0 aliphatic carbocycles. The number of carbonyl (C=O) groups excluding carboxylic acids is 1. The molecule has 0 aliphatic heterocycles. The molecule has 0 saturated heterocycles. The molecule has 3 N–H and O–H groups in total. The number of hydrogen-bond donors (Lipinski definition) is 2. The Labute approximate surface area is 112 Å². The van der Waals surface area contributed by atoms with Crippen LogP contribution in [-0.2, 0) is 4.74 Å². The summed E-state index contributed by atoms with van der Waals surface area (Å²) in [4.78, 5) is 15.2. The van der Waals surface area contributed by atoms with Crippen LogP contribution < -0.4 is 5.73 Å². The van der Waals surface area contributed by atoms with Crippen LogP contribution in [0.5, 0.6) is 0 Å². The van der Waals surface area contributed by atoms with Crippen molar-refractivity contribution in [3.8, 4) is 0 Å². The Balaban J connectivity index is 1.97. The number of ketones is 1. The lowest BCUT2D eigenvalue weighted by Gasteiger charge is -2.10. The number of benzene rings is 1. The van der Waals surface area contributed by atoms with Crippen molar-refractivity contribution in [1.82, 2.24) is 4.98 Å². The van der Waals surface area contributed by atoms with Gasteiger partial charge >= 0.3 is 0 Å². The number of fused-ring (bicyclic) bond motifs is 1. The predicted octanol–water partition coefficient (Wildman–Crippen LogP) is 2.29. The molecule has 2 aromatic rings. The lowest BCUT2D eigenvalue weighted by molar-refractivity contribution is 0.0945. The zero-order chi connectivity index (χ0) is 13.7. The standard InChI is InChI=1S/C15H19N2O2/c1-2-19-9-3-4-13(16)15(18)12-6-5-11-7-8-17-14(11)10-12/h5-6,8,10,13,17H,2-4,9,16H2,1H3. The number of Topliss-reactive ketones (excluding diaryl/α,β-unsaturated/α-hetero) is 1. The highest BCUT2D eigenvalue weighted by molar-refractivity contribution is 6.02. The first-order chi connectivity index (χ1) is 9.22. The molecular formula is C15H19N2O2. The highest BCUT2D eigenvalue weighted by atomic mass is 16.5. The molecule has 2 rings (SSSR count). The maximum absolute atomic E-state index is 12.2. The number of H-pyrrole nitrogens is 1. The van der Waals surface area contributed by atoms with E-state index in [1.807, 2.05) is 19.1 Å². The van der Waals surface area contributed by atoms with Gasteiger partial charge in [0.15, 0.2) is 5.78 Å². The lowest BCUT2D eigenvalue weighted by Crippen LogP contribution is -2.30. The average Bonchev–Trinajstić information content (AvgIpc) is 2.89. The van der Waals surface area contributed by atoms with Crippen molar-refractivity contribution >= 4 is 16.7 Å². The fourth-order valence-electron chi connectivity index (χ4n) is 2.03. The van der Waals surface area contributed by atoms with Crippen LogP contribution in [-0.4, -0.2) is 30.0 Å². The van der Waals surface area contributed by atoms with Crippen molar-refractivity contribution in [2.75, 3.05) is 13.2 Å². The smallest absolute Gasteiger partial charge is 0.179 e. The summed E-state index contributed by atoms with van der Waals surface area (Å²) in [5.74, 6) is -0.0204. The van der Waals surface area contributed by atoms with E-state index in [0.29, 0.717) is 25.2 Å². The van der Waals surface area contributed by atoms with Gasteiger partial charge < -0.3 is 15.5 Å². The van der Waals surface area contributed by atoms with Gasteiger partial charge in [-0.05, 0) is 25.8 Å². The topological polar surface area (TPSA) is 68.1 Å². The Hall–Kier alpha value is -1.65. The number of carbonyl (C=O) groups is 1. The maximum Gasteiger partial charge on any atom is 0.179 e. The molecule has 1 unspecified atom stereocenters. The molecule has 0 bridgehead atoms. The molecule has 1 aromatic carbocycles. The van der Waals surface area contributed by atoms with Gasteiger partial charge in [0.05, 0.1) is 6.04 Å². The molecule has 1 aromatic heterocycles. The number of nitrogens with two attached hydrogens (primary N) is 1. The highest BCUT2D eigenvalue weighted by Gasteiger charge is 2.15. The van der Waals surface area contributed by atoms with E-state index < -0.39 is 6.04 Å². The van der Waals surface area contributed by atoms with Crippen molar-refractivity contribution in [1.29, 1.82) is 0 Å². The minimum Gasteiger partial charge on any atom is -0.382 e. The van der Waals surface area contributed by atoms with Gasteiger partial charge in [0.2, 0.25) is 0 Å². The molecule has 0 amide bonds. The van der Waals surface area contributed by atoms with Gasteiger partial charge in [-0.1, -0.05) is 12.1 Å². The Kier molecular flexibility index (Phi) is 4.71. The minimum atomic E-state index is -0.461. The molecule has 1 heterocycles. The Morgan fingerprint density at radius 3 is 3.16 bits per heavy atom. The van der Waals surface area contributed by atoms with E-state index in [1.54, 1.807) is 12.3 Å². The number of rotatable bonds is 7. The molecule has 0 saturated carbocycles. The second-order valence-corrected chi connectivity index (χ2v) is 4.50. The van der Waals surface area contributed by atoms with Crippen LogP contribution in [0.3, 0.4) is 0 Å². The number of nitrogens with one attached hydrogen (secondary N) is 1. The van der Waals surface area contributed by atoms with Crippen molar-refractivity contribution in [3.63, 3.8) is 0 Å². The second-order valence-electron chi connectivity index (χ2n) is 4.50. The fraction of sp³-hybridized carbons (Fsp3) is 0.400. The predicted molar refractivity (Wildman–Crippen MR) is 75.2 cm³/mol. The first-order valence-electron chi connectivity index (χ1n) is 6.58. The third kappa shape index (κ3) is 3.43. The van der Waals surface area contributed by atoms with Crippen LogP contribution in [0.25, 0.3) is 10.9 Å².